The normalized spacial score (nSPS) is 14.6. The monoisotopic (exact) mass is 365 g/mol. The number of hydrogen-bond acceptors (Lipinski definition) is 4. The predicted molar refractivity (Wildman–Crippen MR) is 103 cm³/mol. The van der Waals surface area contributed by atoms with Crippen LogP contribution in [0.25, 0.3) is 0 Å². The maximum absolute atomic E-state index is 12.6. The molecule has 0 aromatic carbocycles. The van der Waals surface area contributed by atoms with E-state index in [2.05, 4.69) is 17.2 Å². The highest BCUT2D eigenvalue weighted by atomic mass is 32.1. The van der Waals surface area contributed by atoms with Crippen LogP contribution >= 0.6 is 11.3 Å². The van der Waals surface area contributed by atoms with Gasteiger partial charge < -0.3 is 10.2 Å². The molecule has 0 saturated heterocycles. The molecule has 0 bridgehead atoms. The summed E-state index contributed by atoms with van der Waals surface area (Å²) in [4.78, 5) is 30.9. The van der Waals surface area contributed by atoms with Crippen LogP contribution in [0.4, 0.5) is 5.13 Å². The summed E-state index contributed by atoms with van der Waals surface area (Å²) in [5.41, 5.74) is 0.896. The number of carbonyl (C=O) groups excluding carboxylic acids is 2. The first-order valence-corrected chi connectivity index (χ1v) is 10.5. The standard InChI is InChI=1S/C19H31N3O2S/c1-3-4-7-12-22(18(24)11-10-16-8-5-6-9-16)13-17(23)21-19-20-15(2)14-25-19/h14,16H,3-13H2,1-2H3,(H,20,21,23). The molecule has 1 aliphatic carbocycles. The van der Waals surface area contributed by atoms with E-state index in [1.807, 2.05) is 12.3 Å². The van der Waals surface area contributed by atoms with Crippen LogP contribution < -0.4 is 5.32 Å². The van der Waals surface area contributed by atoms with Crippen molar-refractivity contribution in [3.8, 4) is 0 Å². The number of hydrogen-bond donors (Lipinski definition) is 1. The van der Waals surface area contributed by atoms with Gasteiger partial charge in [0.1, 0.15) is 0 Å². The Morgan fingerprint density at radius 3 is 2.72 bits per heavy atom. The van der Waals surface area contributed by atoms with Crippen LogP contribution in [-0.2, 0) is 9.59 Å². The van der Waals surface area contributed by atoms with Crippen LogP contribution in [0.5, 0.6) is 0 Å². The number of amides is 2. The van der Waals surface area contributed by atoms with Crippen LogP contribution in [0.2, 0.25) is 0 Å². The molecule has 0 atom stereocenters. The molecule has 0 spiro atoms. The van der Waals surface area contributed by atoms with Crippen LogP contribution in [0.1, 0.15) is 70.4 Å². The number of carbonyl (C=O) groups is 2. The lowest BCUT2D eigenvalue weighted by molar-refractivity contribution is -0.135. The molecule has 1 aliphatic rings. The molecule has 140 valence electrons. The Morgan fingerprint density at radius 2 is 2.08 bits per heavy atom. The van der Waals surface area contributed by atoms with Gasteiger partial charge in [0.05, 0.1) is 12.2 Å². The molecule has 1 heterocycles. The van der Waals surface area contributed by atoms with Gasteiger partial charge in [-0.3, -0.25) is 9.59 Å². The number of aromatic nitrogens is 1. The van der Waals surface area contributed by atoms with E-state index >= 15 is 0 Å². The molecule has 0 unspecified atom stereocenters. The summed E-state index contributed by atoms with van der Waals surface area (Å²) in [5.74, 6) is 0.669. The molecule has 1 fully saturated rings. The molecule has 0 aliphatic heterocycles. The minimum atomic E-state index is -0.153. The van der Waals surface area contributed by atoms with Crippen LogP contribution in [-0.4, -0.2) is 34.8 Å². The smallest absolute Gasteiger partial charge is 0.245 e. The highest BCUT2D eigenvalue weighted by Gasteiger charge is 2.21. The number of nitrogens with zero attached hydrogens (tertiary/aromatic N) is 2. The van der Waals surface area contributed by atoms with Gasteiger partial charge in [-0.25, -0.2) is 4.98 Å². The van der Waals surface area contributed by atoms with Gasteiger partial charge in [-0.2, -0.15) is 0 Å². The van der Waals surface area contributed by atoms with Gasteiger partial charge >= 0.3 is 0 Å². The third kappa shape index (κ3) is 7.14. The number of rotatable bonds is 10. The van der Waals surface area contributed by atoms with E-state index in [1.54, 1.807) is 4.90 Å². The van der Waals surface area contributed by atoms with E-state index in [0.717, 1.165) is 31.4 Å². The van der Waals surface area contributed by atoms with Crippen molar-refractivity contribution in [2.24, 2.45) is 5.92 Å². The van der Waals surface area contributed by atoms with E-state index in [9.17, 15) is 9.59 Å². The average molecular weight is 366 g/mol. The Kier molecular flexibility index (Phi) is 8.38. The number of anilines is 1. The van der Waals surface area contributed by atoms with Gasteiger partial charge in [0.25, 0.3) is 0 Å². The maximum atomic E-state index is 12.6. The molecule has 1 N–H and O–H groups in total. The van der Waals surface area contributed by atoms with Crippen molar-refractivity contribution in [1.82, 2.24) is 9.88 Å². The predicted octanol–water partition coefficient (Wildman–Crippen LogP) is 4.38. The van der Waals surface area contributed by atoms with Crippen molar-refractivity contribution in [3.05, 3.63) is 11.1 Å². The summed E-state index contributed by atoms with van der Waals surface area (Å²) >= 11 is 1.42. The summed E-state index contributed by atoms with van der Waals surface area (Å²) in [6.07, 6.45) is 9.80. The molecule has 2 rings (SSSR count). The zero-order chi connectivity index (χ0) is 18.1. The van der Waals surface area contributed by atoms with Crippen LogP contribution in [0.15, 0.2) is 5.38 Å². The third-order valence-corrected chi connectivity index (χ3v) is 5.70. The molecule has 2 amide bonds. The van der Waals surface area contributed by atoms with Gasteiger partial charge in [0.2, 0.25) is 11.8 Å². The van der Waals surface area contributed by atoms with Crippen molar-refractivity contribution >= 4 is 28.3 Å². The second kappa shape index (κ2) is 10.5. The average Bonchev–Trinajstić information content (AvgIpc) is 3.23. The third-order valence-electron chi connectivity index (χ3n) is 4.83. The topological polar surface area (TPSA) is 62.3 Å². The van der Waals surface area contributed by atoms with Gasteiger partial charge in [0.15, 0.2) is 5.13 Å². The summed E-state index contributed by atoms with van der Waals surface area (Å²) < 4.78 is 0. The van der Waals surface area contributed by atoms with Gasteiger partial charge in [-0.1, -0.05) is 45.4 Å². The SMILES string of the molecule is CCCCCN(CC(=O)Nc1nc(C)cs1)C(=O)CCC1CCCC1. The van der Waals surface area contributed by atoms with Crippen LogP contribution in [0, 0.1) is 12.8 Å². The Morgan fingerprint density at radius 1 is 1.32 bits per heavy atom. The van der Waals surface area contributed by atoms with E-state index in [0.29, 0.717) is 24.0 Å². The van der Waals surface area contributed by atoms with Gasteiger partial charge in [-0.05, 0) is 25.7 Å². The molecule has 6 heteroatoms. The molecule has 1 aromatic heterocycles. The van der Waals surface area contributed by atoms with Crippen molar-refractivity contribution in [2.75, 3.05) is 18.4 Å². The molecular formula is C19H31N3O2S. The van der Waals surface area contributed by atoms with E-state index < -0.39 is 0 Å². The Balaban J connectivity index is 1.84. The fourth-order valence-electron chi connectivity index (χ4n) is 3.37. The van der Waals surface area contributed by atoms with E-state index in [1.165, 1.54) is 37.0 Å². The first-order chi connectivity index (χ1) is 12.1. The maximum Gasteiger partial charge on any atom is 0.245 e. The van der Waals surface area contributed by atoms with Crippen molar-refractivity contribution in [1.29, 1.82) is 0 Å². The van der Waals surface area contributed by atoms with Gasteiger partial charge in [0, 0.05) is 18.3 Å². The molecule has 1 aromatic rings. The zero-order valence-electron chi connectivity index (χ0n) is 15.6. The lowest BCUT2D eigenvalue weighted by Gasteiger charge is -2.22. The van der Waals surface area contributed by atoms with Crippen molar-refractivity contribution in [2.45, 2.75) is 71.6 Å². The Bertz CT molecular complexity index is 553. The van der Waals surface area contributed by atoms with E-state index in [-0.39, 0.29) is 18.4 Å². The Hall–Kier alpha value is -1.43. The molecule has 0 radical (unpaired) electrons. The summed E-state index contributed by atoms with van der Waals surface area (Å²) in [7, 11) is 0. The molecule has 5 nitrogen and oxygen atoms in total. The first-order valence-electron chi connectivity index (χ1n) is 9.58. The fourth-order valence-corrected chi connectivity index (χ4v) is 4.08. The highest BCUT2D eigenvalue weighted by Crippen LogP contribution is 2.28. The summed E-state index contributed by atoms with van der Waals surface area (Å²) in [6, 6.07) is 0. The molecular weight excluding hydrogens is 334 g/mol. The minimum Gasteiger partial charge on any atom is -0.333 e. The lowest BCUT2D eigenvalue weighted by atomic mass is 10.0. The second-order valence-electron chi connectivity index (χ2n) is 7.05. The summed E-state index contributed by atoms with van der Waals surface area (Å²) in [6.45, 7) is 4.84. The lowest BCUT2D eigenvalue weighted by Crippen LogP contribution is -2.38. The van der Waals surface area contributed by atoms with E-state index in [4.69, 9.17) is 0 Å². The fraction of sp³-hybridized carbons (Fsp3) is 0.737. The quantitative estimate of drug-likeness (QED) is 0.626. The largest absolute Gasteiger partial charge is 0.333 e. The molecule has 25 heavy (non-hydrogen) atoms. The van der Waals surface area contributed by atoms with Crippen LogP contribution in [0.3, 0.4) is 0 Å². The highest BCUT2D eigenvalue weighted by molar-refractivity contribution is 7.13. The minimum absolute atomic E-state index is 0.119. The molecule has 1 saturated carbocycles. The first kappa shape index (κ1) is 19.9. The number of thiazole rings is 1. The number of unbranched alkanes of at least 4 members (excludes halogenated alkanes) is 2. The van der Waals surface area contributed by atoms with Crippen molar-refractivity contribution < 1.29 is 9.59 Å². The van der Waals surface area contributed by atoms with Gasteiger partial charge in [-0.15, -0.1) is 11.3 Å². The Labute approximate surface area is 155 Å². The van der Waals surface area contributed by atoms with Crippen molar-refractivity contribution in [3.63, 3.8) is 0 Å². The zero-order valence-corrected chi connectivity index (χ0v) is 16.4. The second-order valence-corrected chi connectivity index (χ2v) is 7.91. The number of aryl methyl sites for hydroxylation is 1. The number of nitrogens with one attached hydrogen (secondary N) is 1. The summed E-state index contributed by atoms with van der Waals surface area (Å²) in [5, 5.41) is 5.32.